The fourth-order valence-corrected chi connectivity index (χ4v) is 6.59. The van der Waals surface area contributed by atoms with Gasteiger partial charge < -0.3 is 39.4 Å². The molecule has 0 radical (unpaired) electrons. The molecule has 0 amide bonds. The maximum absolute atomic E-state index is 12.8. The van der Waals surface area contributed by atoms with E-state index in [9.17, 15) is 25.2 Å². The zero-order valence-electron chi connectivity index (χ0n) is 36.1. The van der Waals surface area contributed by atoms with Crippen molar-refractivity contribution in [2.45, 2.75) is 211 Å². The monoisotopic (exact) mass is 805 g/mol. The van der Waals surface area contributed by atoms with Crippen molar-refractivity contribution in [2.24, 2.45) is 0 Å². The van der Waals surface area contributed by atoms with Crippen LogP contribution in [0.15, 0.2) is 60.8 Å². The number of aliphatic hydroxyl groups excluding tert-OH is 4. The molecule has 1 heterocycles. The minimum absolute atomic E-state index is 0.119. The molecule has 1 fully saturated rings. The summed E-state index contributed by atoms with van der Waals surface area (Å²) in [6, 6.07) is 0. The van der Waals surface area contributed by atoms with Crippen LogP contribution in [-0.2, 0) is 23.7 Å². The Bertz CT molecular complexity index is 1050. The highest BCUT2D eigenvalue weighted by molar-refractivity contribution is 5.69. The van der Waals surface area contributed by atoms with Crippen molar-refractivity contribution in [1.82, 2.24) is 0 Å². The minimum atomic E-state index is -1.55. The molecule has 1 aliphatic heterocycles. The molecule has 0 bridgehead atoms. The van der Waals surface area contributed by atoms with Crippen LogP contribution in [0.5, 0.6) is 0 Å². The number of esters is 1. The number of unbranched alkanes of at least 4 members (excludes halogenated alkanes) is 17. The first-order valence-electron chi connectivity index (χ1n) is 22.9. The van der Waals surface area contributed by atoms with Crippen LogP contribution in [0, 0.1) is 0 Å². The van der Waals surface area contributed by atoms with Crippen LogP contribution >= 0.6 is 0 Å². The molecule has 1 saturated heterocycles. The number of hydrogen-bond acceptors (Lipinski definition) is 9. The third kappa shape index (κ3) is 30.6. The van der Waals surface area contributed by atoms with Crippen LogP contribution in [0.3, 0.4) is 0 Å². The molecule has 1 aliphatic rings. The number of ether oxygens (including phenoxy) is 4. The highest BCUT2D eigenvalue weighted by atomic mass is 16.7. The summed E-state index contributed by atoms with van der Waals surface area (Å²) in [5.74, 6) is -0.331. The number of aliphatic hydroxyl groups is 4. The predicted molar refractivity (Wildman–Crippen MR) is 233 cm³/mol. The molecule has 6 unspecified atom stereocenters. The second-order valence-corrected chi connectivity index (χ2v) is 15.5. The van der Waals surface area contributed by atoms with Crippen LogP contribution in [-0.4, -0.2) is 89.6 Å². The lowest BCUT2D eigenvalue weighted by molar-refractivity contribution is -0.305. The summed E-state index contributed by atoms with van der Waals surface area (Å²) < 4.78 is 22.8. The first kappa shape index (κ1) is 52.9. The summed E-state index contributed by atoms with van der Waals surface area (Å²) in [5.41, 5.74) is 0. The van der Waals surface area contributed by atoms with Gasteiger partial charge in [0.25, 0.3) is 0 Å². The topological polar surface area (TPSA) is 135 Å². The van der Waals surface area contributed by atoms with E-state index in [1.807, 2.05) is 0 Å². The number of allylic oxidation sites excluding steroid dienone is 10. The minimum Gasteiger partial charge on any atom is -0.457 e. The standard InChI is InChI=1S/C48H84O9/c1-3-5-7-9-11-13-15-17-19-21-22-23-25-27-29-31-33-35-37-44(50)56-42(41-55-48-47(53)46(52)45(51)43(39-49)57-48)40-54-38-36-34-32-30-28-26-24-20-18-16-14-12-10-8-6-4-2/h6,8,12,14,18-21,26,28,42-43,45-49,51-53H,3-5,7,9-11,13,15-17,22-25,27,29-41H2,1-2H3/b8-6-,14-12-,20-18-,21-19-,28-26-. The zero-order chi connectivity index (χ0) is 41.4. The van der Waals surface area contributed by atoms with Gasteiger partial charge in [-0.15, -0.1) is 0 Å². The molecule has 0 spiro atoms. The maximum Gasteiger partial charge on any atom is 0.306 e. The Morgan fingerprint density at radius 2 is 1.07 bits per heavy atom. The van der Waals surface area contributed by atoms with Crippen LogP contribution in [0.1, 0.15) is 174 Å². The number of rotatable bonds is 38. The molecular weight excluding hydrogens is 721 g/mol. The van der Waals surface area contributed by atoms with Crippen molar-refractivity contribution in [3.8, 4) is 0 Å². The summed E-state index contributed by atoms with van der Waals surface area (Å²) in [6.45, 7) is 4.36. The number of hydrogen-bond donors (Lipinski definition) is 4. The Labute approximate surface area is 347 Å². The molecule has 1 rings (SSSR count). The summed E-state index contributed by atoms with van der Waals surface area (Å²) >= 11 is 0. The van der Waals surface area contributed by atoms with Gasteiger partial charge in [-0.25, -0.2) is 0 Å². The van der Waals surface area contributed by atoms with Gasteiger partial charge in [0, 0.05) is 13.0 Å². The second-order valence-electron chi connectivity index (χ2n) is 15.5. The highest BCUT2D eigenvalue weighted by Gasteiger charge is 2.44. The Hall–Kier alpha value is -2.11. The van der Waals surface area contributed by atoms with E-state index in [1.165, 1.54) is 83.5 Å². The van der Waals surface area contributed by atoms with E-state index in [2.05, 4.69) is 74.6 Å². The largest absolute Gasteiger partial charge is 0.457 e. The van der Waals surface area contributed by atoms with E-state index >= 15 is 0 Å². The quantitative estimate of drug-likeness (QED) is 0.0273. The summed E-state index contributed by atoms with van der Waals surface area (Å²) in [5, 5.41) is 40.1. The molecule has 0 aliphatic carbocycles. The molecular formula is C48H84O9. The van der Waals surface area contributed by atoms with Crippen molar-refractivity contribution in [3.05, 3.63) is 60.8 Å². The fourth-order valence-electron chi connectivity index (χ4n) is 6.59. The Balaban J connectivity index is 2.29. The molecule has 0 aromatic rings. The molecule has 4 N–H and O–H groups in total. The van der Waals surface area contributed by atoms with Crippen molar-refractivity contribution in [3.63, 3.8) is 0 Å². The molecule has 0 aromatic carbocycles. The van der Waals surface area contributed by atoms with Crippen LogP contribution in [0.25, 0.3) is 0 Å². The van der Waals surface area contributed by atoms with Crippen molar-refractivity contribution in [1.29, 1.82) is 0 Å². The SMILES string of the molecule is CC/C=C\C/C=C\C/C=C\C/C=C\CCCCCOCC(COC1OC(CO)C(O)C(O)C1O)OC(=O)CCCCCCCCC/C=C\CCCCCCCCC. The molecule has 6 atom stereocenters. The smallest absolute Gasteiger partial charge is 0.306 e. The Morgan fingerprint density at radius 3 is 1.63 bits per heavy atom. The van der Waals surface area contributed by atoms with E-state index in [0.29, 0.717) is 13.0 Å². The molecule has 330 valence electrons. The van der Waals surface area contributed by atoms with E-state index in [0.717, 1.165) is 70.6 Å². The van der Waals surface area contributed by atoms with E-state index in [-0.39, 0.29) is 19.2 Å². The predicted octanol–water partition coefficient (Wildman–Crippen LogP) is 10.3. The zero-order valence-corrected chi connectivity index (χ0v) is 36.1. The number of carbonyl (C=O) groups is 1. The van der Waals surface area contributed by atoms with E-state index < -0.39 is 43.4 Å². The van der Waals surface area contributed by atoms with E-state index in [4.69, 9.17) is 18.9 Å². The molecule has 9 heteroatoms. The molecule has 57 heavy (non-hydrogen) atoms. The number of carbonyl (C=O) groups excluding carboxylic acids is 1. The van der Waals surface area contributed by atoms with Gasteiger partial charge in [-0.2, -0.15) is 0 Å². The van der Waals surface area contributed by atoms with Gasteiger partial charge in [-0.05, 0) is 77.0 Å². The van der Waals surface area contributed by atoms with Gasteiger partial charge in [0.1, 0.15) is 30.5 Å². The van der Waals surface area contributed by atoms with Crippen molar-refractivity contribution in [2.75, 3.05) is 26.4 Å². The summed E-state index contributed by atoms with van der Waals surface area (Å²) in [7, 11) is 0. The fraction of sp³-hybridized carbons (Fsp3) is 0.771. The molecule has 0 aromatic heterocycles. The second kappa shape index (κ2) is 39.4. The van der Waals surface area contributed by atoms with Gasteiger partial charge in [-0.1, -0.05) is 152 Å². The average Bonchev–Trinajstić information content (AvgIpc) is 3.21. The van der Waals surface area contributed by atoms with Gasteiger partial charge in [0.2, 0.25) is 0 Å². The maximum atomic E-state index is 12.8. The molecule has 0 saturated carbocycles. The van der Waals surface area contributed by atoms with E-state index in [1.54, 1.807) is 0 Å². The normalized spacial score (nSPS) is 21.0. The Morgan fingerprint density at radius 1 is 0.579 bits per heavy atom. The lowest BCUT2D eigenvalue weighted by atomic mass is 9.99. The van der Waals surface area contributed by atoms with Gasteiger partial charge in [-0.3, -0.25) is 4.79 Å². The summed E-state index contributed by atoms with van der Waals surface area (Å²) in [4.78, 5) is 12.8. The summed E-state index contributed by atoms with van der Waals surface area (Å²) in [6.07, 6.45) is 42.5. The van der Waals surface area contributed by atoms with Crippen molar-refractivity contribution >= 4 is 5.97 Å². The van der Waals surface area contributed by atoms with Crippen LogP contribution < -0.4 is 0 Å². The third-order valence-corrected chi connectivity index (χ3v) is 10.2. The lowest BCUT2D eigenvalue weighted by Gasteiger charge is -2.39. The van der Waals surface area contributed by atoms with Crippen LogP contribution in [0.4, 0.5) is 0 Å². The van der Waals surface area contributed by atoms with Gasteiger partial charge in [0.05, 0.1) is 19.8 Å². The van der Waals surface area contributed by atoms with Crippen molar-refractivity contribution < 1.29 is 44.2 Å². The molecule has 9 nitrogen and oxygen atoms in total. The van der Waals surface area contributed by atoms with Gasteiger partial charge >= 0.3 is 5.97 Å². The third-order valence-electron chi connectivity index (χ3n) is 10.2. The first-order chi connectivity index (χ1) is 27.9. The Kier molecular flexibility index (Phi) is 36.5. The van der Waals surface area contributed by atoms with Gasteiger partial charge in [0.15, 0.2) is 6.29 Å². The highest BCUT2D eigenvalue weighted by Crippen LogP contribution is 2.22. The average molecular weight is 805 g/mol. The first-order valence-corrected chi connectivity index (χ1v) is 22.9. The lowest BCUT2D eigenvalue weighted by Crippen LogP contribution is -2.59. The van der Waals surface area contributed by atoms with Crippen LogP contribution in [0.2, 0.25) is 0 Å².